The van der Waals surface area contributed by atoms with E-state index in [0.29, 0.717) is 50.9 Å². The van der Waals surface area contributed by atoms with Gasteiger partial charge in [0.2, 0.25) is 0 Å². The minimum atomic E-state index is 0.338. The standard InChI is InChI=1S/C21H42S2/c1-13-14(2)20(6,7)18(16(4)22)11-10-12-19(17(5)23)21(8,9)15(13)3/h13-19,22-23H,10-12H2,1-9H3/t13?,14-,15+,16?,17?,18?,19?. The summed E-state index contributed by atoms with van der Waals surface area (Å²) in [6.07, 6.45) is 3.91. The lowest BCUT2D eigenvalue weighted by Gasteiger charge is -2.52. The molecule has 0 bridgehead atoms. The third kappa shape index (κ3) is 4.46. The van der Waals surface area contributed by atoms with Gasteiger partial charge in [-0.15, -0.1) is 0 Å². The predicted molar refractivity (Wildman–Crippen MR) is 113 cm³/mol. The monoisotopic (exact) mass is 358 g/mol. The van der Waals surface area contributed by atoms with Crippen molar-refractivity contribution >= 4 is 25.3 Å². The molecule has 1 rings (SSSR count). The summed E-state index contributed by atoms with van der Waals surface area (Å²) < 4.78 is 0. The first-order valence-corrected chi connectivity index (χ1v) is 10.7. The molecule has 0 spiro atoms. The second-order valence-electron chi connectivity index (χ2n) is 9.70. The first kappa shape index (κ1) is 21.7. The van der Waals surface area contributed by atoms with Crippen LogP contribution in [0.5, 0.6) is 0 Å². The minimum Gasteiger partial charge on any atom is -0.176 e. The zero-order chi connectivity index (χ0) is 18.2. The molecule has 0 aromatic heterocycles. The molecule has 0 heterocycles. The van der Waals surface area contributed by atoms with E-state index in [2.05, 4.69) is 62.3 Å². The number of rotatable bonds is 2. The highest BCUT2D eigenvalue weighted by Crippen LogP contribution is 2.53. The largest absolute Gasteiger partial charge is 0.176 e. The highest BCUT2D eigenvalue weighted by molar-refractivity contribution is 7.81. The SMILES string of the molecule is CC(S)C1CCCC(C(C)S)C(C)(C)[C@@H](C)C(C)[C@@H](C)C1(C)C. The summed E-state index contributed by atoms with van der Waals surface area (Å²) in [5.74, 6) is 3.48. The summed E-state index contributed by atoms with van der Waals surface area (Å²) in [4.78, 5) is 0. The van der Waals surface area contributed by atoms with Crippen LogP contribution in [0.3, 0.4) is 0 Å². The van der Waals surface area contributed by atoms with Gasteiger partial charge in [-0.05, 0) is 53.3 Å². The highest BCUT2D eigenvalue weighted by Gasteiger charge is 2.46. The van der Waals surface area contributed by atoms with Crippen LogP contribution in [0.15, 0.2) is 0 Å². The molecule has 138 valence electrons. The first-order valence-electron chi connectivity index (χ1n) is 9.71. The van der Waals surface area contributed by atoms with Gasteiger partial charge < -0.3 is 0 Å². The fourth-order valence-corrected chi connectivity index (χ4v) is 6.56. The van der Waals surface area contributed by atoms with E-state index in [4.69, 9.17) is 25.3 Å². The Labute approximate surface area is 157 Å². The van der Waals surface area contributed by atoms with Crippen molar-refractivity contribution in [2.24, 2.45) is 40.4 Å². The molecule has 2 heteroatoms. The minimum absolute atomic E-state index is 0.338. The zero-order valence-electron chi connectivity index (χ0n) is 17.1. The molecule has 5 unspecified atom stereocenters. The van der Waals surface area contributed by atoms with Crippen molar-refractivity contribution in [3.8, 4) is 0 Å². The topological polar surface area (TPSA) is 0 Å². The molecule has 1 aliphatic carbocycles. The lowest BCUT2D eigenvalue weighted by atomic mass is 9.55. The maximum absolute atomic E-state index is 4.87. The van der Waals surface area contributed by atoms with E-state index in [9.17, 15) is 0 Å². The van der Waals surface area contributed by atoms with Gasteiger partial charge in [-0.1, -0.05) is 68.7 Å². The molecule has 0 N–H and O–H groups in total. The Hall–Kier alpha value is 0.700. The van der Waals surface area contributed by atoms with Crippen LogP contribution in [-0.4, -0.2) is 10.5 Å². The van der Waals surface area contributed by atoms with Crippen LogP contribution in [0, 0.1) is 40.4 Å². The Balaban J connectivity index is 3.25. The average Bonchev–Trinajstić information content (AvgIpc) is 2.42. The smallest absolute Gasteiger partial charge is 0.00219 e. The van der Waals surface area contributed by atoms with Gasteiger partial charge in [-0.3, -0.25) is 0 Å². The Morgan fingerprint density at radius 3 is 1.30 bits per heavy atom. The van der Waals surface area contributed by atoms with E-state index >= 15 is 0 Å². The van der Waals surface area contributed by atoms with Crippen molar-refractivity contribution in [2.45, 2.75) is 92.1 Å². The van der Waals surface area contributed by atoms with Gasteiger partial charge in [0.05, 0.1) is 0 Å². The summed E-state index contributed by atoms with van der Waals surface area (Å²) in [6.45, 7) is 22.0. The van der Waals surface area contributed by atoms with Crippen molar-refractivity contribution < 1.29 is 0 Å². The summed E-state index contributed by atoms with van der Waals surface area (Å²) in [7, 11) is 0. The van der Waals surface area contributed by atoms with E-state index in [1.165, 1.54) is 19.3 Å². The predicted octanol–water partition coefficient (Wildman–Crippen LogP) is 7.00. The summed E-state index contributed by atoms with van der Waals surface area (Å²) in [6, 6.07) is 0. The van der Waals surface area contributed by atoms with Crippen LogP contribution in [0.4, 0.5) is 0 Å². The third-order valence-electron chi connectivity index (χ3n) is 8.03. The number of hydrogen-bond acceptors (Lipinski definition) is 2. The van der Waals surface area contributed by atoms with Crippen LogP contribution < -0.4 is 0 Å². The van der Waals surface area contributed by atoms with Crippen LogP contribution in [0.2, 0.25) is 0 Å². The summed E-state index contributed by atoms with van der Waals surface area (Å²) >= 11 is 9.75. The second kappa shape index (κ2) is 7.94. The summed E-state index contributed by atoms with van der Waals surface area (Å²) in [5, 5.41) is 0.934. The van der Waals surface area contributed by atoms with E-state index in [-0.39, 0.29) is 0 Å². The molecule has 0 saturated heterocycles. The molecule has 0 amide bonds. The molecule has 0 nitrogen and oxygen atoms in total. The lowest BCUT2D eigenvalue weighted by Crippen LogP contribution is -2.46. The van der Waals surface area contributed by atoms with Gasteiger partial charge in [-0.25, -0.2) is 0 Å². The fourth-order valence-electron chi connectivity index (χ4n) is 5.49. The molecule has 0 aromatic rings. The van der Waals surface area contributed by atoms with Gasteiger partial charge in [0.15, 0.2) is 0 Å². The Bertz CT molecular complexity index is 336. The van der Waals surface area contributed by atoms with Gasteiger partial charge >= 0.3 is 0 Å². The number of thiol groups is 2. The molecule has 1 fully saturated rings. The lowest BCUT2D eigenvalue weighted by molar-refractivity contribution is -0.00844. The van der Waals surface area contributed by atoms with E-state index in [1.807, 2.05) is 0 Å². The average molecular weight is 359 g/mol. The van der Waals surface area contributed by atoms with Crippen molar-refractivity contribution in [3.05, 3.63) is 0 Å². The van der Waals surface area contributed by atoms with Gasteiger partial charge in [0, 0.05) is 10.5 Å². The molecular weight excluding hydrogens is 316 g/mol. The molecule has 7 atom stereocenters. The normalized spacial score (nSPS) is 41.1. The Kier molecular flexibility index (Phi) is 7.50. The van der Waals surface area contributed by atoms with Crippen molar-refractivity contribution in [2.75, 3.05) is 0 Å². The zero-order valence-corrected chi connectivity index (χ0v) is 18.8. The second-order valence-corrected chi connectivity index (χ2v) is 11.3. The van der Waals surface area contributed by atoms with Crippen molar-refractivity contribution in [3.63, 3.8) is 0 Å². The Morgan fingerprint density at radius 2 is 1.04 bits per heavy atom. The first-order chi connectivity index (χ1) is 10.3. The van der Waals surface area contributed by atoms with Gasteiger partial charge in [-0.2, -0.15) is 25.3 Å². The quantitative estimate of drug-likeness (QED) is 0.488. The van der Waals surface area contributed by atoms with Gasteiger partial charge in [0.25, 0.3) is 0 Å². The molecule has 0 aliphatic heterocycles. The van der Waals surface area contributed by atoms with E-state index in [1.54, 1.807) is 0 Å². The molecule has 0 aromatic carbocycles. The van der Waals surface area contributed by atoms with Crippen LogP contribution >= 0.6 is 25.3 Å². The summed E-state index contributed by atoms with van der Waals surface area (Å²) in [5.41, 5.74) is 0.675. The molecule has 0 radical (unpaired) electrons. The van der Waals surface area contributed by atoms with Crippen LogP contribution in [0.1, 0.15) is 81.6 Å². The molecular formula is C21H42S2. The molecule has 23 heavy (non-hydrogen) atoms. The number of hydrogen-bond donors (Lipinski definition) is 2. The fraction of sp³-hybridized carbons (Fsp3) is 1.00. The van der Waals surface area contributed by atoms with Crippen molar-refractivity contribution in [1.29, 1.82) is 0 Å². The third-order valence-corrected chi connectivity index (χ3v) is 8.75. The van der Waals surface area contributed by atoms with E-state index < -0.39 is 0 Å². The highest BCUT2D eigenvalue weighted by atomic mass is 32.1. The maximum Gasteiger partial charge on any atom is 0.00219 e. The van der Waals surface area contributed by atoms with E-state index in [0.717, 1.165) is 0 Å². The maximum atomic E-state index is 4.87. The van der Waals surface area contributed by atoms with Crippen LogP contribution in [0.25, 0.3) is 0 Å². The Morgan fingerprint density at radius 1 is 0.739 bits per heavy atom. The molecule has 1 saturated carbocycles. The van der Waals surface area contributed by atoms with Crippen LogP contribution in [-0.2, 0) is 0 Å². The molecule has 1 aliphatic rings. The van der Waals surface area contributed by atoms with Crippen molar-refractivity contribution in [1.82, 2.24) is 0 Å². The van der Waals surface area contributed by atoms with Gasteiger partial charge in [0.1, 0.15) is 0 Å².